The van der Waals surface area contributed by atoms with Crippen LogP contribution in [0.25, 0.3) is 0 Å². The molecule has 0 aliphatic carbocycles. The molecule has 0 spiro atoms. The van der Waals surface area contributed by atoms with Crippen molar-refractivity contribution in [3.63, 3.8) is 0 Å². The van der Waals surface area contributed by atoms with Gasteiger partial charge in [-0.25, -0.2) is 0 Å². The van der Waals surface area contributed by atoms with Gasteiger partial charge in [0.25, 0.3) is 0 Å². The molecular formula is C13H10F3NO2. The Morgan fingerprint density at radius 1 is 1.26 bits per heavy atom. The van der Waals surface area contributed by atoms with Crippen molar-refractivity contribution >= 4 is 6.29 Å². The third-order valence-electron chi connectivity index (χ3n) is 2.41. The number of carbonyl (C=O) groups excluding carboxylic acids is 1. The number of aromatic nitrogens is 1. The maximum Gasteiger partial charge on any atom is 0.573 e. The summed E-state index contributed by atoms with van der Waals surface area (Å²) in [5.74, 6) is -0.257. The maximum absolute atomic E-state index is 12.1. The minimum Gasteiger partial charge on any atom is -0.406 e. The van der Waals surface area contributed by atoms with Crippen molar-refractivity contribution in [1.82, 2.24) is 4.57 Å². The lowest BCUT2D eigenvalue weighted by Gasteiger charge is -2.10. The van der Waals surface area contributed by atoms with Crippen LogP contribution in [0.1, 0.15) is 15.9 Å². The van der Waals surface area contributed by atoms with Crippen molar-refractivity contribution < 1.29 is 22.7 Å². The maximum atomic E-state index is 12.1. The average Bonchev–Trinajstić information content (AvgIpc) is 2.75. The fraction of sp³-hybridized carbons (Fsp3) is 0.154. The Bertz CT molecular complexity index is 575. The zero-order chi connectivity index (χ0) is 13.9. The first-order valence-corrected chi connectivity index (χ1v) is 5.42. The molecule has 0 radical (unpaired) electrons. The molecule has 0 fully saturated rings. The van der Waals surface area contributed by atoms with Gasteiger partial charge >= 0.3 is 6.36 Å². The van der Waals surface area contributed by atoms with E-state index in [2.05, 4.69) is 4.74 Å². The molecule has 0 aliphatic heterocycles. The monoisotopic (exact) mass is 269 g/mol. The van der Waals surface area contributed by atoms with Gasteiger partial charge in [0.05, 0.1) is 0 Å². The van der Waals surface area contributed by atoms with E-state index in [-0.39, 0.29) is 5.75 Å². The van der Waals surface area contributed by atoms with Crippen molar-refractivity contribution in [3.05, 3.63) is 53.9 Å². The molecule has 1 aromatic heterocycles. The fourth-order valence-electron chi connectivity index (χ4n) is 1.68. The lowest BCUT2D eigenvalue weighted by Crippen LogP contribution is -2.17. The lowest BCUT2D eigenvalue weighted by molar-refractivity contribution is -0.274. The van der Waals surface area contributed by atoms with E-state index in [0.717, 1.165) is 0 Å². The molecule has 100 valence electrons. The largest absolute Gasteiger partial charge is 0.573 e. The Balaban J connectivity index is 2.12. The SMILES string of the molecule is O=Cc1ccn(Cc2cccc(OC(F)(F)F)c2)c1. The highest BCUT2D eigenvalue weighted by atomic mass is 19.4. The van der Waals surface area contributed by atoms with Gasteiger partial charge < -0.3 is 9.30 Å². The van der Waals surface area contributed by atoms with Gasteiger partial charge in [-0.1, -0.05) is 12.1 Å². The molecule has 0 amide bonds. The van der Waals surface area contributed by atoms with Crippen molar-refractivity contribution in [1.29, 1.82) is 0 Å². The summed E-state index contributed by atoms with van der Waals surface area (Å²) in [5.41, 5.74) is 1.16. The lowest BCUT2D eigenvalue weighted by atomic mass is 10.2. The number of alkyl halides is 3. The normalized spacial score (nSPS) is 11.3. The number of hydrogen-bond donors (Lipinski definition) is 0. The van der Waals surface area contributed by atoms with Crippen LogP contribution in [0.2, 0.25) is 0 Å². The fourth-order valence-corrected chi connectivity index (χ4v) is 1.68. The van der Waals surface area contributed by atoms with Gasteiger partial charge in [-0.2, -0.15) is 0 Å². The summed E-state index contributed by atoms with van der Waals surface area (Å²) in [7, 11) is 0. The number of halogens is 3. The number of hydrogen-bond acceptors (Lipinski definition) is 2. The van der Waals surface area contributed by atoms with Crippen LogP contribution in [0.3, 0.4) is 0 Å². The van der Waals surface area contributed by atoms with Crippen LogP contribution in [0.4, 0.5) is 13.2 Å². The highest BCUT2D eigenvalue weighted by Gasteiger charge is 2.31. The van der Waals surface area contributed by atoms with E-state index in [9.17, 15) is 18.0 Å². The van der Waals surface area contributed by atoms with Crippen LogP contribution >= 0.6 is 0 Å². The zero-order valence-electron chi connectivity index (χ0n) is 9.72. The second kappa shape index (κ2) is 5.17. The average molecular weight is 269 g/mol. The third-order valence-corrected chi connectivity index (χ3v) is 2.41. The van der Waals surface area contributed by atoms with E-state index in [4.69, 9.17) is 0 Å². The van der Waals surface area contributed by atoms with Crippen LogP contribution in [0.15, 0.2) is 42.7 Å². The van der Waals surface area contributed by atoms with Crippen LogP contribution < -0.4 is 4.74 Å². The van der Waals surface area contributed by atoms with E-state index in [1.165, 1.54) is 18.2 Å². The third kappa shape index (κ3) is 3.87. The second-order valence-electron chi connectivity index (χ2n) is 3.93. The molecule has 2 rings (SSSR count). The molecule has 3 nitrogen and oxygen atoms in total. The molecule has 0 atom stereocenters. The summed E-state index contributed by atoms with van der Waals surface area (Å²) >= 11 is 0. The van der Waals surface area contributed by atoms with Crippen LogP contribution in [0, 0.1) is 0 Å². The van der Waals surface area contributed by atoms with Crippen LogP contribution in [0.5, 0.6) is 5.75 Å². The first-order valence-electron chi connectivity index (χ1n) is 5.42. The minimum absolute atomic E-state index is 0.257. The molecule has 1 heterocycles. The van der Waals surface area contributed by atoms with Gasteiger partial charge in [0, 0.05) is 24.5 Å². The highest BCUT2D eigenvalue weighted by Crippen LogP contribution is 2.23. The molecule has 2 aromatic rings. The first-order chi connectivity index (χ1) is 8.96. The van der Waals surface area contributed by atoms with Gasteiger partial charge in [0.15, 0.2) is 6.29 Å². The van der Waals surface area contributed by atoms with E-state index >= 15 is 0 Å². The molecule has 0 bridgehead atoms. The number of nitrogens with zero attached hydrogens (tertiary/aromatic N) is 1. The van der Waals surface area contributed by atoms with E-state index in [1.54, 1.807) is 29.1 Å². The number of aldehydes is 1. The molecule has 0 unspecified atom stereocenters. The molecule has 0 saturated carbocycles. The van der Waals surface area contributed by atoms with E-state index in [1.807, 2.05) is 0 Å². The van der Waals surface area contributed by atoms with Crippen LogP contribution in [-0.2, 0) is 6.54 Å². The summed E-state index contributed by atoms with van der Waals surface area (Å²) in [5, 5.41) is 0. The Labute approximate surface area is 107 Å². The topological polar surface area (TPSA) is 31.2 Å². The number of benzene rings is 1. The number of carbonyl (C=O) groups is 1. The summed E-state index contributed by atoms with van der Waals surface area (Å²) in [6, 6.07) is 7.35. The van der Waals surface area contributed by atoms with E-state index < -0.39 is 6.36 Å². The molecule has 6 heteroatoms. The van der Waals surface area contributed by atoms with Gasteiger partial charge in [-0.3, -0.25) is 4.79 Å². The Morgan fingerprint density at radius 2 is 2.05 bits per heavy atom. The summed E-state index contributed by atoms with van der Waals surface area (Å²) in [4.78, 5) is 10.5. The summed E-state index contributed by atoms with van der Waals surface area (Å²) in [6.45, 7) is 0.364. The minimum atomic E-state index is -4.70. The second-order valence-corrected chi connectivity index (χ2v) is 3.93. The summed E-state index contributed by atoms with van der Waals surface area (Å²) < 4.78 is 41.8. The van der Waals surface area contributed by atoms with Crippen molar-refractivity contribution in [3.8, 4) is 5.75 Å². The zero-order valence-corrected chi connectivity index (χ0v) is 9.72. The molecule has 19 heavy (non-hydrogen) atoms. The van der Waals surface area contributed by atoms with Crippen LogP contribution in [-0.4, -0.2) is 17.2 Å². The van der Waals surface area contributed by atoms with Crippen molar-refractivity contribution in [2.75, 3.05) is 0 Å². The van der Waals surface area contributed by atoms with Crippen molar-refractivity contribution in [2.45, 2.75) is 12.9 Å². The number of rotatable bonds is 4. The van der Waals surface area contributed by atoms with Gasteiger partial charge in [-0.05, 0) is 23.8 Å². The van der Waals surface area contributed by atoms with Gasteiger partial charge in [-0.15, -0.1) is 13.2 Å². The predicted molar refractivity (Wildman–Crippen MR) is 62.0 cm³/mol. The molecular weight excluding hydrogens is 259 g/mol. The summed E-state index contributed by atoms with van der Waals surface area (Å²) in [6.07, 6.45) is -0.693. The first kappa shape index (κ1) is 13.2. The Kier molecular flexibility index (Phi) is 3.59. The highest BCUT2D eigenvalue weighted by molar-refractivity contribution is 5.74. The molecule has 0 saturated heterocycles. The van der Waals surface area contributed by atoms with Gasteiger partial charge in [0.2, 0.25) is 0 Å². The van der Waals surface area contributed by atoms with E-state index in [0.29, 0.717) is 24.0 Å². The predicted octanol–water partition coefficient (Wildman–Crippen LogP) is 3.25. The van der Waals surface area contributed by atoms with Gasteiger partial charge in [0.1, 0.15) is 5.75 Å². The number of ether oxygens (including phenoxy) is 1. The van der Waals surface area contributed by atoms with Crippen molar-refractivity contribution in [2.24, 2.45) is 0 Å². The Hall–Kier alpha value is -2.24. The Morgan fingerprint density at radius 3 is 2.68 bits per heavy atom. The molecule has 1 aromatic carbocycles. The standard InChI is InChI=1S/C13H10F3NO2/c14-13(15,16)19-12-3-1-2-10(6-12)7-17-5-4-11(8-17)9-18/h1-6,8-9H,7H2. The smallest absolute Gasteiger partial charge is 0.406 e. The molecule has 0 aliphatic rings. The molecule has 0 N–H and O–H groups in total. The quantitative estimate of drug-likeness (QED) is 0.798.